The SMILES string of the molecule is CCCCOc1c(CO)c(CO)c(OC)c(C)c1C(=O)Oc1ccccc1. The van der Waals surface area contributed by atoms with Gasteiger partial charge in [-0.05, 0) is 25.5 Å². The summed E-state index contributed by atoms with van der Waals surface area (Å²) in [5, 5.41) is 19.7. The molecule has 0 amide bonds. The molecule has 0 fully saturated rings. The Morgan fingerprint density at radius 2 is 1.67 bits per heavy atom. The van der Waals surface area contributed by atoms with Crippen molar-refractivity contribution >= 4 is 5.97 Å². The van der Waals surface area contributed by atoms with E-state index in [1.807, 2.05) is 13.0 Å². The summed E-state index contributed by atoms with van der Waals surface area (Å²) < 4.78 is 16.7. The van der Waals surface area contributed by atoms with Gasteiger partial charge in [-0.25, -0.2) is 4.79 Å². The fourth-order valence-electron chi connectivity index (χ4n) is 2.92. The van der Waals surface area contributed by atoms with Crippen molar-refractivity contribution in [3.8, 4) is 17.2 Å². The summed E-state index contributed by atoms with van der Waals surface area (Å²) in [6.45, 7) is 3.36. The molecule has 0 unspecified atom stereocenters. The van der Waals surface area contributed by atoms with Crippen LogP contribution >= 0.6 is 0 Å². The van der Waals surface area contributed by atoms with Crippen LogP contribution in [0, 0.1) is 6.92 Å². The fourth-order valence-corrected chi connectivity index (χ4v) is 2.92. The van der Waals surface area contributed by atoms with Gasteiger partial charge in [0, 0.05) is 16.7 Å². The molecule has 0 saturated heterocycles. The lowest BCUT2D eigenvalue weighted by atomic mass is 9.96. The largest absolute Gasteiger partial charge is 0.496 e. The molecule has 2 rings (SSSR count). The van der Waals surface area contributed by atoms with E-state index in [4.69, 9.17) is 14.2 Å². The van der Waals surface area contributed by atoms with Crippen molar-refractivity contribution in [2.45, 2.75) is 39.9 Å². The van der Waals surface area contributed by atoms with Crippen molar-refractivity contribution in [2.75, 3.05) is 13.7 Å². The molecular weight excluding hydrogens is 348 g/mol. The number of methoxy groups -OCH3 is 1. The summed E-state index contributed by atoms with van der Waals surface area (Å²) >= 11 is 0. The van der Waals surface area contributed by atoms with Gasteiger partial charge in [0.15, 0.2) is 0 Å². The van der Waals surface area contributed by atoms with Crippen LogP contribution in [0.15, 0.2) is 30.3 Å². The maximum atomic E-state index is 12.9. The van der Waals surface area contributed by atoms with Crippen molar-refractivity contribution in [1.82, 2.24) is 0 Å². The molecule has 2 aromatic carbocycles. The van der Waals surface area contributed by atoms with E-state index in [2.05, 4.69) is 0 Å². The Morgan fingerprint density at radius 1 is 1.04 bits per heavy atom. The molecule has 0 heterocycles. The lowest BCUT2D eigenvalue weighted by molar-refractivity contribution is 0.0728. The highest BCUT2D eigenvalue weighted by Crippen LogP contribution is 2.39. The van der Waals surface area contributed by atoms with E-state index in [1.165, 1.54) is 7.11 Å². The minimum atomic E-state index is -0.609. The van der Waals surface area contributed by atoms with Crippen LogP contribution in [0.5, 0.6) is 17.2 Å². The Morgan fingerprint density at radius 3 is 2.22 bits per heavy atom. The molecule has 6 nitrogen and oxygen atoms in total. The molecule has 2 N–H and O–H groups in total. The Labute approximate surface area is 159 Å². The second-order valence-electron chi connectivity index (χ2n) is 6.04. The average molecular weight is 374 g/mol. The van der Waals surface area contributed by atoms with Crippen LogP contribution in [0.4, 0.5) is 0 Å². The Kier molecular flexibility index (Phi) is 7.64. The zero-order valence-electron chi connectivity index (χ0n) is 15.9. The first kappa shape index (κ1) is 20.7. The number of para-hydroxylation sites is 1. The minimum Gasteiger partial charge on any atom is -0.496 e. The topological polar surface area (TPSA) is 85.2 Å². The third-order valence-corrected chi connectivity index (χ3v) is 4.28. The highest BCUT2D eigenvalue weighted by atomic mass is 16.5. The third kappa shape index (κ3) is 4.59. The molecule has 6 heteroatoms. The number of carbonyl (C=O) groups is 1. The number of benzene rings is 2. The normalized spacial score (nSPS) is 10.6. The Balaban J connectivity index is 2.59. The van der Waals surface area contributed by atoms with Crippen LogP contribution < -0.4 is 14.2 Å². The quantitative estimate of drug-likeness (QED) is 0.398. The van der Waals surface area contributed by atoms with E-state index < -0.39 is 12.6 Å². The van der Waals surface area contributed by atoms with Crippen molar-refractivity contribution < 1.29 is 29.2 Å². The summed E-state index contributed by atoms with van der Waals surface area (Å²) in [5.74, 6) is 0.360. The molecule has 146 valence electrons. The van der Waals surface area contributed by atoms with Crippen molar-refractivity contribution in [1.29, 1.82) is 0 Å². The molecule has 0 spiro atoms. The van der Waals surface area contributed by atoms with Gasteiger partial charge in [0.25, 0.3) is 0 Å². The summed E-state index contributed by atoms with van der Waals surface area (Å²) in [7, 11) is 1.45. The first-order chi connectivity index (χ1) is 13.1. The molecule has 0 bridgehead atoms. The van der Waals surface area contributed by atoms with Crippen LogP contribution in [-0.4, -0.2) is 29.9 Å². The number of hydrogen-bond acceptors (Lipinski definition) is 6. The maximum Gasteiger partial charge on any atom is 0.347 e. The van der Waals surface area contributed by atoms with Gasteiger partial charge in [-0.1, -0.05) is 31.5 Å². The van der Waals surface area contributed by atoms with Gasteiger partial charge in [0.2, 0.25) is 0 Å². The number of aliphatic hydroxyl groups excluding tert-OH is 2. The van der Waals surface area contributed by atoms with Crippen LogP contribution in [0.3, 0.4) is 0 Å². The standard InChI is InChI=1S/C21H26O6/c1-4-5-11-26-20-17(13-23)16(12-22)19(25-3)14(2)18(20)21(24)27-15-9-7-6-8-10-15/h6-10,22-23H,4-5,11-13H2,1-3H3. The Hall–Kier alpha value is -2.57. The lowest BCUT2D eigenvalue weighted by Crippen LogP contribution is -2.17. The number of esters is 1. The molecule has 0 aliphatic rings. The van der Waals surface area contributed by atoms with Gasteiger partial charge < -0.3 is 24.4 Å². The maximum absolute atomic E-state index is 12.9. The van der Waals surface area contributed by atoms with Crippen molar-refractivity contribution in [3.63, 3.8) is 0 Å². The van der Waals surface area contributed by atoms with E-state index in [0.29, 0.717) is 34.8 Å². The van der Waals surface area contributed by atoms with E-state index in [9.17, 15) is 15.0 Å². The third-order valence-electron chi connectivity index (χ3n) is 4.28. The number of unbranched alkanes of at least 4 members (excludes halogenated alkanes) is 1. The number of hydrogen-bond donors (Lipinski definition) is 2. The van der Waals surface area contributed by atoms with Crippen molar-refractivity contribution in [3.05, 3.63) is 52.6 Å². The van der Waals surface area contributed by atoms with Gasteiger partial charge in [-0.3, -0.25) is 0 Å². The monoisotopic (exact) mass is 374 g/mol. The summed E-state index contributed by atoms with van der Waals surface area (Å²) in [5.41, 5.74) is 1.41. The van der Waals surface area contributed by atoms with Gasteiger partial charge >= 0.3 is 5.97 Å². The summed E-state index contributed by atoms with van der Waals surface area (Å²) in [6.07, 6.45) is 1.71. The highest BCUT2D eigenvalue weighted by Gasteiger charge is 2.28. The summed E-state index contributed by atoms with van der Waals surface area (Å²) in [6, 6.07) is 8.71. The molecule has 0 atom stereocenters. The first-order valence-corrected chi connectivity index (χ1v) is 8.92. The van der Waals surface area contributed by atoms with E-state index in [-0.39, 0.29) is 17.9 Å². The molecule has 0 aliphatic carbocycles. The minimum absolute atomic E-state index is 0.188. The summed E-state index contributed by atoms with van der Waals surface area (Å²) in [4.78, 5) is 12.9. The fraction of sp³-hybridized carbons (Fsp3) is 0.381. The van der Waals surface area contributed by atoms with Crippen LogP contribution in [0.25, 0.3) is 0 Å². The number of carbonyl (C=O) groups excluding carboxylic acids is 1. The zero-order valence-corrected chi connectivity index (χ0v) is 15.9. The first-order valence-electron chi connectivity index (χ1n) is 8.92. The van der Waals surface area contributed by atoms with Gasteiger partial charge in [0.1, 0.15) is 22.8 Å². The zero-order chi connectivity index (χ0) is 19.8. The van der Waals surface area contributed by atoms with Crippen LogP contribution in [0.2, 0.25) is 0 Å². The van der Waals surface area contributed by atoms with Gasteiger partial charge in [-0.15, -0.1) is 0 Å². The molecule has 0 aliphatic heterocycles. The second kappa shape index (κ2) is 9.94. The van der Waals surface area contributed by atoms with Crippen LogP contribution in [-0.2, 0) is 13.2 Å². The smallest absolute Gasteiger partial charge is 0.347 e. The van der Waals surface area contributed by atoms with Crippen LogP contribution in [0.1, 0.15) is 46.8 Å². The number of aliphatic hydroxyl groups is 2. The molecule has 0 radical (unpaired) electrons. The lowest BCUT2D eigenvalue weighted by Gasteiger charge is -2.22. The predicted molar refractivity (Wildman–Crippen MR) is 101 cm³/mol. The average Bonchev–Trinajstić information content (AvgIpc) is 2.68. The molecule has 27 heavy (non-hydrogen) atoms. The molecule has 2 aromatic rings. The van der Waals surface area contributed by atoms with E-state index in [1.54, 1.807) is 31.2 Å². The predicted octanol–water partition coefficient (Wildman–Crippen LogP) is 3.39. The molecular formula is C21H26O6. The molecule has 0 aromatic heterocycles. The second-order valence-corrected chi connectivity index (χ2v) is 6.04. The Bertz CT molecular complexity index is 770. The highest BCUT2D eigenvalue weighted by molar-refractivity contribution is 5.97. The van der Waals surface area contributed by atoms with Gasteiger partial charge in [-0.2, -0.15) is 0 Å². The van der Waals surface area contributed by atoms with Gasteiger partial charge in [0.05, 0.1) is 26.9 Å². The van der Waals surface area contributed by atoms with E-state index >= 15 is 0 Å². The molecule has 0 saturated carbocycles. The van der Waals surface area contributed by atoms with E-state index in [0.717, 1.165) is 12.8 Å². The number of ether oxygens (including phenoxy) is 3. The van der Waals surface area contributed by atoms with Crippen molar-refractivity contribution in [2.24, 2.45) is 0 Å². The number of rotatable bonds is 9.